The molecule has 1 fully saturated rings. The maximum atomic E-state index is 6.03. The van der Waals surface area contributed by atoms with Gasteiger partial charge in [-0.3, -0.25) is 4.90 Å². The molecule has 1 aliphatic heterocycles. The standard InChI is InChI=1S/C18H30N2O/c1-13-7-9-16(10-8-13)17(19-6)15(3)20-11-14(2)21-18(4,5)12-20/h7-10,14-15,17,19H,11-12H2,1-6H3. The van der Waals surface area contributed by atoms with Gasteiger partial charge in [-0.2, -0.15) is 0 Å². The number of hydrogen-bond acceptors (Lipinski definition) is 3. The number of aryl methyl sites for hydroxylation is 1. The minimum absolute atomic E-state index is 0.0719. The van der Waals surface area contributed by atoms with Crippen molar-refractivity contribution in [3.05, 3.63) is 35.4 Å². The molecule has 0 amide bonds. The van der Waals surface area contributed by atoms with Gasteiger partial charge in [-0.25, -0.2) is 0 Å². The first-order chi connectivity index (χ1) is 9.82. The number of nitrogens with zero attached hydrogens (tertiary/aromatic N) is 1. The Morgan fingerprint density at radius 2 is 1.90 bits per heavy atom. The zero-order valence-electron chi connectivity index (χ0n) is 14.3. The van der Waals surface area contributed by atoms with E-state index in [0.29, 0.717) is 12.1 Å². The third-order valence-electron chi connectivity index (χ3n) is 4.40. The fraction of sp³-hybridized carbons (Fsp3) is 0.667. The third kappa shape index (κ3) is 4.06. The van der Waals surface area contributed by atoms with Crippen LogP contribution >= 0.6 is 0 Å². The highest BCUT2D eigenvalue weighted by Gasteiger charge is 2.35. The number of hydrogen-bond donors (Lipinski definition) is 1. The van der Waals surface area contributed by atoms with Gasteiger partial charge in [-0.15, -0.1) is 0 Å². The summed E-state index contributed by atoms with van der Waals surface area (Å²) in [5.41, 5.74) is 2.59. The van der Waals surface area contributed by atoms with Crippen LogP contribution in [-0.4, -0.2) is 42.8 Å². The average molecular weight is 290 g/mol. The molecule has 0 radical (unpaired) electrons. The van der Waals surface area contributed by atoms with Crippen LogP contribution in [0.5, 0.6) is 0 Å². The molecule has 0 aliphatic carbocycles. The van der Waals surface area contributed by atoms with E-state index in [9.17, 15) is 0 Å². The molecule has 118 valence electrons. The van der Waals surface area contributed by atoms with E-state index in [2.05, 4.69) is 76.1 Å². The second kappa shape index (κ2) is 6.47. The summed E-state index contributed by atoms with van der Waals surface area (Å²) in [4.78, 5) is 2.55. The van der Waals surface area contributed by atoms with Crippen LogP contribution in [0.2, 0.25) is 0 Å². The highest BCUT2D eigenvalue weighted by Crippen LogP contribution is 2.27. The minimum atomic E-state index is -0.0719. The van der Waals surface area contributed by atoms with Crippen LogP contribution in [0.15, 0.2) is 24.3 Å². The first-order valence-electron chi connectivity index (χ1n) is 7.98. The molecule has 1 saturated heterocycles. The number of nitrogens with one attached hydrogen (secondary N) is 1. The van der Waals surface area contributed by atoms with Gasteiger partial charge in [-0.05, 0) is 47.2 Å². The Balaban J connectivity index is 2.15. The van der Waals surface area contributed by atoms with Gasteiger partial charge in [-0.1, -0.05) is 29.8 Å². The Morgan fingerprint density at radius 3 is 2.43 bits per heavy atom. The lowest BCUT2D eigenvalue weighted by molar-refractivity contribution is -0.139. The molecule has 3 unspecified atom stereocenters. The lowest BCUT2D eigenvalue weighted by atomic mass is 9.95. The Hall–Kier alpha value is -0.900. The average Bonchev–Trinajstić information content (AvgIpc) is 2.39. The fourth-order valence-electron chi connectivity index (χ4n) is 3.48. The molecule has 0 bridgehead atoms. The molecular formula is C18H30N2O. The summed E-state index contributed by atoms with van der Waals surface area (Å²) < 4.78 is 6.03. The quantitative estimate of drug-likeness (QED) is 0.922. The highest BCUT2D eigenvalue weighted by atomic mass is 16.5. The van der Waals surface area contributed by atoms with Gasteiger partial charge in [0.05, 0.1) is 11.7 Å². The molecular weight excluding hydrogens is 260 g/mol. The maximum Gasteiger partial charge on any atom is 0.0757 e. The Morgan fingerprint density at radius 1 is 1.29 bits per heavy atom. The van der Waals surface area contributed by atoms with Gasteiger partial charge in [0.1, 0.15) is 0 Å². The van der Waals surface area contributed by atoms with Crippen LogP contribution in [0.3, 0.4) is 0 Å². The van der Waals surface area contributed by atoms with Gasteiger partial charge in [0.25, 0.3) is 0 Å². The van der Waals surface area contributed by atoms with Gasteiger partial charge in [0, 0.05) is 25.2 Å². The van der Waals surface area contributed by atoms with E-state index in [1.165, 1.54) is 11.1 Å². The molecule has 0 saturated carbocycles. The molecule has 2 rings (SSSR count). The molecule has 0 spiro atoms. The fourth-order valence-corrected chi connectivity index (χ4v) is 3.48. The van der Waals surface area contributed by atoms with Gasteiger partial charge >= 0.3 is 0 Å². The van der Waals surface area contributed by atoms with Crippen molar-refractivity contribution in [2.45, 2.75) is 58.4 Å². The Kier molecular flexibility index (Phi) is 5.07. The second-order valence-electron chi connectivity index (χ2n) is 7.04. The second-order valence-corrected chi connectivity index (χ2v) is 7.04. The van der Waals surface area contributed by atoms with E-state index < -0.39 is 0 Å². The van der Waals surface area contributed by atoms with Crippen molar-refractivity contribution in [3.63, 3.8) is 0 Å². The summed E-state index contributed by atoms with van der Waals surface area (Å²) in [6.45, 7) is 13.0. The molecule has 3 heteroatoms. The lowest BCUT2D eigenvalue weighted by Crippen LogP contribution is -2.56. The topological polar surface area (TPSA) is 24.5 Å². The number of benzene rings is 1. The Labute approximate surface area is 129 Å². The third-order valence-corrected chi connectivity index (χ3v) is 4.40. The Bertz CT molecular complexity index is 455. The molecule has 1 N–H and O–H groups in total. The number of likely N-dealkylation sites (N-methyl/N-ethyl adjacent to an activating group) is 1. The van der Waals surface area contributed by atoms with Crippen LogP contribution in [-0.2, 0) is 4.74 Å². The molecule has 1 aliphatic rings. The van der Waals surface area contributed by atoms with Crippen molar-refractivity contribution < 1.29 is 4.74 Å². The maximum absolute atomic E-state index is 6.03. The molecule has 21 heavy (non-hydrogen) atoms. The van der Waals surface area contributed by atoms with E-state index in [4.69, 9.17) is 4.74 Å². The van der Waals surface area contributed by atoms with Crippen molar-refractivity contribution in [2.75, 3.05) is 20.1 Å². The van der Waals surface area contributed by atoms with Crippen LogP contribution in [0.4, 0.5) is 0 Å². The molecule has 0 aromatic heterocycles. The zero-order chi connectivity index (χ0) is 15.6. The van der Waals surface area contributed by atoms with Gasteiger partial charge in [0.15, 0.2) is 0 Å². The zero-order valence-corrected chi connectivity index (χ0v) is 14.3. The molecule has 3 atom stereocenters. The minimum Gasteiger partial charge on any atom is -0.370 e. The molecule has 1 heterocycles. The lowest BCUT2D eigenvalue weighted by Gasteiger charge is -2.46. The van der Waals surface area contributed by atoms with Crippen molar-refractivity contribution in [1.82, 2.24) is 10.2 Å². The number of morpholine rings is 1. The summed E-state index contributed by atoms with van der Waals surface area (Å²) in [5, 5.41) is 3.49. The van der Waals surface area contributed by atoms with E-state index >= 15 is 0 Å². The molecule has 1 aromatic rings. The smallest absolute Gasteiger partial charge is 0.0757 e. The van der Waals surface area contributed by atoms with E-state index in [1.807, 2.05) is 0 Å². The first-order valence-corrected chi connectivity index (χ1v) is 7.98. The van der Waals surface area contributed by atoms with E-state index in [0.717, 1.165) is 13.1 Å². The van der Waals surface area contributed by atoms with Gasteiger partial charge in [0.2, 0.25) is 0 Å². The predicted octanol–water partition coefficient (Wildman–Crippen LogP) is 3.14. The van der Waals surface area contributed by atoms with Crippen molar-refractivity contribution in [1.29, 1.82) is 0 Å². The highest BCUT2D eigenvalue weighted by molar-refractivity contribution is 5.25. The largest absolute Gasteiger partial charge is 0.370 e. The van der Waals surface area contributed by atoms with E-state index in [-0.39, 0.29) is 11.7 Å². The molecule has 3 nitrogen and oxygen atoms in total. The van der Waals surface area contributed by atoms with Crippen molar-refractivity contribution in [2.24, 2.45) is 0 Å². The normalized spacial score (nSPS) is 25.5. The SMILES string of the molecule is CNC(c1ccc(C)cc1)C(C)N1CC(C)OC(C)(C)C1. The summed E-state index contributed by atoms with van der Waals surface area (Å²) in [6.07, 6.45) is 0.284. The molecule has 1 aromatic carbocycles. The van der Waals surface area contributed by atoms with Crippen LogP contribution in [0.25, 0.3) is 0 Å². The summed E-state index contributed by atoms with van der Waals surface area (Å²) in [6, 6.07) is 9.63. The summed E-state index contributed by atoms with van der Waals surface area (Å²) in [5.74, 6) is 0. The predicted molar refractivity (Wildman–Crippen MR) is 88.6 cm³/mol. The summed E-state index contributed by atoms with van der Waals surface area (Å²) in [7, 11) is 2.05. The number of ether oxygens (including phenoxy) is 1. The first kappa shape index (κ1) is 16.5. The van der Waals surface area contributed by atoms with Crippen molar-refractivity contribution >= 4 is 0 Å². The summed E-state index contributed by atoms with van der Waals surface area (Å²) >= 11 is 0. The van der Waals surface area contributed by atoms with Crippen LogP contribution < -0.4 is 5.32 Å². The van der Waals surface area contributed by atoms with Gasteiger partial charge < -0.3 is 10.1 Å². The number of rotatable bonds is 4. The van der Waals surface area contributed by atoms with E-state index in [1.54, 1.807) is 0 Å². The van der Waals surface area contributed by atoms with Crippen molar-refractivity contribution in [3.8, 4) is 0 Å². The monoisotopic (exact) mass is 290 g/mol. The van der Waals surface area contributed by atoms with Crippen LogP contribution in [0.1, 0.15) is 44.9 Å². The van der Waals surface area contributed by atoms with Crippen LogP contribution in [0, 0.1) is 6.92 Å².